The molecular formula is C21H34Cl2HfNSi. The summed E-state index contributed by atoms with van der Waals surface area (Å²) in [5.41, 5.74) is 7.83. The van der Waals surface area contributed by atoms with Crippen LogP contribution in [0.4, 0.5) is 5.69 Å². The van der Waals surface area contributed by atoms with Gasteiger partial charge in [0, 0.05) is 0 Å². The van der Waals surface area contributed by atoms with Crippen molar-refractivity contribution in [3.05, 3.63) is 49.9 Å². The normalized spacial score (nSPS) is 17.2. The monoisotopic (exact) mass is 578 g/mol. The van der Waals surface area contributed by atoms with Crippen LogP contribution in [0.5, 0.6) is 0 Å². The summed E-state index contributed by atoms with van der Waals surface area (Å²) in [6.07, 6.45) is 0. The Kier molecular flexibility index (Phi) is 10.2. The van der Waals surface area contributed by atoms with Crippen molar-refractivity contribution < 1.29 is 45.7 Å². The maximum absolute atomic E-state index is 4.19. The van der Waals surface area contributed by atoms with Crippen LogP contribution >= 0.6 is 0 Å². The van der Waals surface area contributed by atoms with Crippen molar-refractivity contribution in [2.45, 2.75) is 67.0 Å². The van der Waals surface area contributed by atoms with E-state index < -0.39 is 26.9 Å². The first-order valence-corrected chi connectivity index (χ1v) is 21.9. The number of benzene rings is 1. The Balaban J connectivity index is 0.00000312. The molecule has 0 heterocycles. The number of allylic oxidation sites excluding steroid dienone is 4. The van der Waals surface area contributed by atoms with E-state index in [1.165, 1.54) is 11.3 Å². The third-order valence-electron chi connectivity index (χ3n) is 5.51. The van der Waals surface area contributed by atoms with Gasteiger partial charge in [0.25, 0.3) is 0 Å². The molecule has 1 aromatic carbocycles. The van der Waals surface area contributed by atoms with Gasteiger partial charge in [0.1, 0.15) is 0 Å². The number of hydrogen-bond acceptors (Lipinski definition) is 1. The second-order valence-corrected chi connectivity index (χ2v) is 33.8. The zero-order chi connectivity index (χ0) is 18.2. The first kappa shape index (κ1) is 26.2. The van der Waals surface area contributed by atoms with Gasteiger partial charge in [0.05, 0.1) is 0 Å². The average molecular weight is 578 g/mol. The van der Waals surface area contributed by atoms with E-state index in [0.717, 1.165) is 0 Å². The Hall–Kier alpha value is 0.167. The van der Waals surface area contributed by atoms with Gasteiger partial charge < -0.3 is 24.8 Å². The third-order valence-corrected chi connectivity index (χ3v) is 29.8. The van der Waals surface area contributed by atoms with Crippen molar-refractivity contribution in [1.82, 2.24) is 0 Å². The molecule has 1 unspecified atom stereocenters. The number of para-hydroxylation sites is 1. The van der Waals surface area contributed by atoms with Crippen LogP contribution < -0.4 is 28.1 Å². The Labute approximate surface area is 182 Å². The fourth-order valence-electron chi connectivity index (χ4n) is 3.71. The molecule has 2 rings (SSSR count). The summed E-state index contributed by atoms with van der Waals surface area (Å²) in [5, 5.41) is 0. The minimum absolute atomic E-state index is 0. The van der Waals surface area contributed by atoms with E-state index in [0.29, 0.717) is 5.92 Å². The molecular weight excluding hydrogens is 544 g/mol. The molecule has 0 saturated heterocycles. The molecule has 1 aliphatic rings. The molecule has 26 heavy (non-hydrogen) atoms. The van der Waals surface area contributed by atoms with Crippen molar-refractivity contribution >= 4 is 11.7 Å². The second kappa shape index (κ2) is 10.1. The molecule has 1 aliphatic carbocycles. The van der Waals surface area contributed by atoms with Gasteiger partial charge in [0.15, 0.2) is 0 Å². The molecule has 1 aromatic rings. The fourth-order valence-corrected chi connectivity index (χ4v) is 26.4. The molecule has 0 radical (unpaired) electrons. The maximum atomic E-state index is 4.19. The van der Waals surface area contributed by atoms with Crippen molar-refractivity contribution in [2.24, 2.45) is 5.92 Å². The number of anilines is 1. The van der Waals surface area contributed by atoms with Crippen molar-refractivity contribution in [2.75, 3.05) is 3.30 Å². The van der Waals surface area contributed by atoms with Gasteiger partial charge in [-0.05, 0) is 0 Å². The predicted octanol–water partition coefficient (Wildman–Crippen LogP) is 0.181. The molecule has 0 saturated carbocycles. The molecule has 145 valence electrons. The first-order valence-electron chi connectivity index (χ1n) is 9.18. The van der Waals surface area contributed by atoms with Crippen LogP contribution in [0.25, 0.3) is 0 Å². The largest absolute Gasteiger partial charge is 1.00 e. The van der Waals surface area contributed by atoms with E-state index in [2.05, 4.69) is 89.1 Å². The molecule has 0 bridgehead atoms. The van der Waals surface area contributed by atoms with Crippen LogP contribution in [0.2, 0.25) is 13.1 Å². The minimum atomic E-state index is -2.04. The van der Waals surface area contributed by atoms with Gasteiger partial charge in [0.2, 0.25) is 0 Å². The van der Waals surface area contributed by atoms with Crippen molar-refractivity contribution in [1.29, 1.82) is 0 Å². The Morgan fingerprint density at radius 3 is 1.92 bits per heavy atom. The number of rotatable bonds is 4. The number of nitrogens with one attached hydrogen (secondary N) is 1. The quantitative estimate of drug-likeness (QED) is 0.504. The summed E-state index contributed by atoms with van der Waals surface area (Å²) < 4.78 is 6.04. The molecule has 1 atom stereocenters. The van der Waals surface area contributed by atoms with Gasteiger partial charge in [-0.3, -0.25) is 0 Å². The average Bonchev–Trinajstić information content (AvgIpc) is 2.68. The zero-order valence-electron chi connectivity index (χ0n) is 17.7. The molecule has 0 fully saturated rings. The summed E-state index contributed by atoms with van der Waals surface area (Å²) >= 11 is -2.04. The van der Waals surface area contributed by atoms with Crippen LogP contribution in [-0.2, 0) is 26.3 Å². The van der Waals surface area contributed by atoms with E-state index in [4.69, 9.17) is 0 Å². The molecule has 0 aliphatic heterocycles. The first-order chi connectivity index (χ1) is 11.1. The zero-order valence-corrected chi connectivity index (χ0v) is 24.0. The van der Waals surface area contributed by atoms with Gasteiger partial charge in [-0.1, -0.05) is 0 Å². The topological polar surface area (TPSA) is 12.0 Å². The van der Waals surface area contributed by atoms with Gasteiger partial charge in [-0.25, -0.2) is 0 Å². The Morgan fingerprint density at radius 1 is 0.962 bits per heavy atom. The molecule has 0 spiro atoms. The third kappa shape index (κ3) is 5.37. The van der Waals surface area contributed by atoms with Crippen LogP contribution in [0.15, 0.2) is 44.3 Å². The van der Waals surface area contributed by atoms with E-state index in [-0.39, 0.29) is 30.2 Å². The van der Waals surface area contributed by atoms with Crippen LogP contribution in [0, 0.1) is 5.92 Å². The molecule has 1 N–H and O–H groups in total. The maximum Gasteiger partial charge on any atom is -1.00 e. The van der Waals surface area contributed by atoms with E-state index in [1.807, 2.05) is 3.33 Å². The summed E-state index contributed by atoms with van der Waals surface area (Å²) in [5.74, 6) is -0.0339. The Bertz CT molecular complexity index is 689. The predicted molar refractivity (Wildman–Crippen MR) is 108 cm³/mol. The van der Waals surface area contributed by atoms with Crippen LogP contribution in [-0.4, -0.2) is 5.98 Å². The van der Waals surface area contributed by atoms with Crippen LogP contribution in [0.3, 0.4) is 0 Å². The Morgan fingerprint density at radius 2 is 1.50 bits per heavy atom. The van der Waals surface area contributed by atoms with Gasteiger partial charge in [-0.15, -0.1) is 0 Å². The van der Waals surface area contributed by atoms with E-state index in [1.54, 1.807) is 16.7 Å². The molecule has 0 amide bonds. The fraction of sp³-hybridized carbons (Fsp3) is 0.524. The summed E-state index contributed by atoms with van der Waals surface area (Å²) in [6.45, 7) is 21.6. The van der Waals surface area contributed by atoms with E-state index in [9.17, 15) is 0 Å². The van der Waals surface area contributed by atoms with Crippen LogP contribution in [0.1, 0.15) is 54.0 Å². The number of hydrogen-bond donors (Lipinski definition) is 1. The summed E-state index contributed by atoms with van der Waals surface area (Å²) in [7, 11) is 0. The summed E-state index contributed by atoms with van der Waals surface area (Å²) in [4.78, 5) is 0. The standard InChI is InChI=1S/C10H14N.C9H13.C2H7Si.2ClH.Hf/c1-10(2,3)8-6-4-5-7-9(8)11;1-6-5-7(2)9(4)8(6)3;1-3-2;;;/h4-7,11H,1-3H3;6H,1-4H3;3H,1-2H3;2*1H;/q-1;;;;;+3/p-2. The van der Waals surface area contributed by atoms with Gasteiger partial charge in [-0.2, -0.15) is 0 Å². The SMILES string of the molecule is CC1=C(C)C(C)[C]([Hf+2]([NH]c2ccccc2C(C)(C)C)[SiH](C)C)=C1C.[Cl-].[Cl-]. The molecule has 0 aromatic heterocycles. The van der Waals surface area contributed by atoms with Crippen molar-refractivity contribution in [3.63, 3.8) is 0 Å². The van der Waals surface area contributed by atoms with E-state index >= 15 is 0 Å². The smallest absolute Gasteiger partial charge is 1.00 e. The second-order valence-electron chi connectivity index (χ2n) is 8.56. The minimum Gasteiger partial charge on any atom is -1.00 e. The summed E-state index contributed by atoms with van der Waals surface area (Å²) in [6, 6.07) is 8.99. The molecule has 5 heteroatoms. The number of halogens is 2. The van der Waals surface area contributed by atoms with Gasteiger partial charge >= 0.3 is 159 Å². The van der Waals surface area contributed by atoms with Crippen molar-refractivity contribution in [3.8, 4) is 0 Å². The molecule has 1 nitrogen and oxygen atoms in total.